The number of aryl methyl sites for hydroxylation is 3. The summed E-state index contributed by atoms with van der Waals surface area (Å²) < 4.78 is 6.67. The van der Waals surface area contributed by atoms with E-state index in [0.717, 1.165) is 33.4 Å². The number of hydrogen-bond acceptors (Lipinski definition) is 6. The van der Waals surface area contributed by atoms with Crippen LogP contribution in [0.1, 0.15) is 55.2 Å². The van der Waals surface area contributed by atoms with Crippen LogP contribution in [-0.4, -0.2) is 37.8 Å². The highest BCUT2D eigenvalue weighted by atomic mass is 35.5. The van der Waals surface area contributed by atoms with E-state index in [-0.39, 0.29) is 16.8 Å². The van der Waals surface area contributed by atoms with Crippen molar-refractivity contribution in [3.63, 3.8) is 0 Å². The molecule has 0 saturated heterocycles. The number of rotatable bonds is 3. The molecular weight excluding hydrogens is 560 g/mol. The van der Waals surface area contributed by atoms with Crippen LogP contribution in [0.5, 0.6) is 0 Å². The zero-order valence-electron chi connectivity index (χ0n) is 24.2. The molecule has 0 amide bonds. The van der Waals surface area contributed by atoms with Crippen LogP contribution in [0.2, 0.25) is 5.02 Å². The molecule has 1 aliphatic carbocycles. The zero-order valence-corrected chi connectivity index (χ0v) is 25.0. The Balaban J connectivity index is 0.000000171. The molecule has 12 nitrogen and oxygen atoms in total. The molecule has 1 aromatic carbocycles. The summed E-state index contributed by atoms with van der Waals surface area (Å²) in [7, 11) is 7.94. The Kier molecular flexibility index (Phi) is 7.91. The molecule has 0 radical (unpaired) electrons. The van der Waals surface area contributed by atoms with Crippen molar-refractivity contribution < 1.29 is 0 Å². The number of fused-ring (bicyclic) bond motifs is 2. The van der Waals surface area contributed by atoms with Gasteiger partial charge in [-0.25, -0.2) is 19.6 Å². The van der Waals surface area contributed by atoms with Crippen LogP contribution in [0.4, 0.5) is 0 Å². The highest BCUT2D eigenvalue weighted by Gasteiger charge is 2.21. The molecule has 1 aliphatic rings. The van der Waals surface area contributed by atoms with Crippen molar-refractivity contribution in [1.82, 2.24) is 37.8 Å². The molecule has 13 heteroatoms. The highest BCUT2D eigenvalue weighted by molar-refractivity contribution is 6.30. The third-order valence-corrected chi connectivity index (χ3v) is 8.12. The molecule has 0 spiro atoms. The van der Waals surface area contributed by atoms with Crippen LogP contribution in [0.25, 0.3) is 34.5 Å². The van der Waals surface area contributed by atoms with Crippen LogP contribution in [0, 0.1) is 0 Å². The SMILES string of the molecule is Cn1c(=O)c2[nH]c(C3CCCCC3)nc2n(C)c1=O.Cn1c(=O)c2c(nc(/C=C/c3cccc(Cl)c3)n2C)n(C)c1=O. The molecule has 0 atom stereocenters. The summed E-state index contributed by atoms with van der Waals surface area (Å²) in [5.41, 5.74) is 1.19. The minimum absolute atomic E-state index is 0.298. The van der Waals surface area contributed by atoms with E-state index in [2.05, 4.69) is 15.0 Å². The summed E-state index contributed by atoms with van der Waals surface area (Å²) in [4.78, 5) is 60.3. The van der Waals surface area contributed by atoms with Gasteiger partial charge in [-0.1, -0.05) is 49.1 Å². The lowest BCUT2D eigenvalue weighted by molar-refractivity contribution is 0.431. The molecule has 220 valence electrons. The summed E-state index contributed by atoms with van der Waals surface area (Å²) in [6, 6.07) is 7.40. The van der Waals surface area contributed by atoms with Crippen molar-refractivity contribution >= 4 is 46.1 Å². The fraction of sp³-hybridized carbons (Fsp3) is 0.379. The van der Waals surface area contributed by atoms with Crippen molar-refractivity contribution in [1.29, 1.82) is 0 Å². The zero-order chi connectivity index (χ0) is 30.3. The van der Waals surface area contributed by atoms with E-state index in [1.165, 1.54) is 42.5 Å². The van der Waals surface area contributed by atoms with Gasteiger partial charge in [-0.3, -0.25) is 27.9 Å². The summed E-state index contributed by atoms with van der Waals surface area (Å²) >= 11 is 5.96. The van der Waals surface area contributed by atoms with E-state index in [4.69, 9.17) is 11.6 Å². The van der Waals surface area contributed by atoms with E-state index in [1.54, 1.807) is 37.9 Å². The highest BCUT2D eigenvalue weighted by Crippen LogP contribution is 2.31. The Bertz CT molecular complexity index is 2080. The molecule has 6 rings (SSSR count). The summed E-state index contributed by atoms with van der Waals surface area (Å²) in [6.07, 6.45) is 9.54. The maximum atomic E-state index is 12.3. The van der Waals surface area contributed by atoms with Gasteiger partial charge in [0, 0.05) is 46.2 Å². The van der Waals surface area contributed by atoms with E-state index in [1.807, 2.05) is 24.3 Å². The van der Waals surface area contributed by atoms with Crippen LogP contribution in [0.15, 0.2) is 43.4 Å². The number of aromatic nitrogens is 8. The quantitative estimate of drug-likeness (QED) is 0.342. The number of benzene rings is 1. The maximum absolute atomic E-state index is 12.3. The fourth-order valence-corrected chi connectivity index (χ4v) is 5.58. The standard InChI is InChI=1S/C16H15ClN4O2.C13H18N4O2/c1-19-12(8-7-10-5-4-6-11(17)9-10)18-14-13(19)15(22)21(3)16(23)20(14)2;1-16-11-9(12(18)17(2)13(16)19)14-10(15-11)8-6-4-3-5-7-8/h4-9H,1-3H3;8H,3-7H2,1-2H3,(H,14,15)/b8-7+;. The first-order valence-corrected chi connectivity index (χ1v) is 14.1. The molecule has 0 aliphatic heterocycles. The number of hydrogen-bond donors (Lipinski definition) is 1. The van der Waals surface area contributed by atoms with Gasteiger partial charge in [-0.05, 0) is 36.6 Å². The monoisotopic (exact) mass is 592 g/mol. The van der Waals surface area contributed by atoms with E-state index in [9.17, 15) is 19.2 Å². The lowest BCUT2D eigenvalue weighted by atomic mass is 9.89. The van der Waals surface area contributed by atoms with Gasteiger partial charge in [0.2, 0.25) is 0 Å². The summed E-state index contributed by atoms with van der Waals surface area (Å²) in [5.74, 6) is 1.83. The lowest BCUT2D eigenvalue weighted by Gasteiger charge is -2.18. The molecule has 1 fully saturated rings. The van der Waals surface area contributed by atoms with Gasteiger partial charge in [0.25, 0.3) is 11.1 Å². The second-order valence-electron chi connectivity index (χ2n) is 10.7. The molecule has 1 saturated carbocycles. The average molecular weight is 593 g/mol. The van der Waals surface area contributed by atoms with Crippen LogP contribution >= 0.6 is 11.6 Å². The van der Waals surface area contributed by atoms with Crippen molar-refractivity contribution in [2.75, 3.05) is 0 Å². The van der Waals surface area contributed by atoms with Crippen molar-refractivity contribution in [3.05, 3.63) is 88.2 Å². The van der Waals surface area contributed by atoms with Crippen LogP contribution in [-0.2, 0) is 35.2 Å². The Hall–Kier alpha value is -4.45. The molecule has 5 aromatic rings. The minimum Gasteiger partial charge on any atom is -0.336 e. The molecule has 0 bridgehead atoms. The van der Waals surface area contributed by atoms with Gasteiger partial charge in [0.05, 0.1) is 0 Å². The number of imidazole rings is 2. The van der Waals surface area contributed by atoms with Gasteiger partial charge in [0.15, 0.2) is 16.8 Å². The van der Waals surface area contributed by atoms with Crippen LogP contribution in [0.3, 0.4) is 0 Å². The summed E-state index contributed by atoms with van der Waals surface area (Å²) in [6.45, 7) is 0. The number of halogens is 1. The van der Waals surface area contributed by atoms with Crippen molar-refractivity contribution in [2.24, 2.45) is 35.2 Å². The summed E-state index contributed by atoms with van der Waals surface area (Å²) in [5, 5.41) is 0.647. The maximum Gasteiger partial charge on any atom is 0.332 e. The van der Waals surface area contributed by atoms with Crippen LogP contribution < -0.4 is 22.5 Å². The van der Waals surface area contributed by atoms with Gasteiger partial charge in [0.1, 0.15) is 17.2 Å². The number of aromatic amines is 1. The molecule has 0 unspecified atom stereocenters. The second kappa shape index (κ2) is 11.4. The van der Waals surface area contributed by atoms with E-state index in [0.29, 0.717) is 39.1 Å². The fourth-order valence-electron chi connectivity index (χ4n) is 5.38. The average Bonchev–Trinajstić information content (AvgIpc) is 3.59. The Morgan fingerprint density at radius 3 is 2.10 bits per heavy atom. The number of nitrogens with one attached hydrogen (secondary N) is 1. The topological polar surface area (TPSA) is 134 Å². The third kappa shape index (κ3) is 5.18. The molecule has 42 heavy (non-hydrogen) atoms. The second-order valence-corrected chi connectivity index (χ2v) is 11.1. The molecule has 4 heterocycles. The minimum atomic E-state index is -0.397. The largest absolute Gasteiger partial charge is 0.336 e. The normalized spacial score (nSPS) is 14.1. The Morgan fingerprint density at radius 1 is 0.786 bits per heavy atom. The molecule has 1 N–H and O–H groups in total. The Morgan fingerprint density at radius 2 is 1.43 bits per heavy atom. The van der Waals surface area contributed by atoms with Gasteiger partial charge < -0.3 is 9.55 Å². The number of H-pyrrole nitrogens is 1. The smallest absolute Gasteiger partial charge is 0.332 e. The van der Waals surface area contributed by atoms with Crippen molar-refractivity contribution in [3.8, 4) is 0 Å². The predicted molar refractivity (Wildman–Crippen MR) is 164 cm³/mol. The third-order valence-electron chi connectivity index (χ3n) is 7.89. The molecule has 4 aromatic heterocycles. The lowest BCUT2D eigenvalue weighted by Crippen LogP contribution is -2.37. The van der Waals surface area contributed by atoms with E-state index < -0.39 is 5.69 Å². The number of nitrogens with zero attached hydrogens (tertiary/aromatic N) is 7. The first kappa shape index (κ1) is 29.1. The van der Waals surface area contributed by atoms with Crippen molar-refractivity contribution in [2.45, 2.75) is 38.0 Å². The first-order chi connectivity index (χ1) is 20.0. The van der Waals surface area contributed by atoms with Gasteiger partial charge in [-0.15, -0.1) is 0 Å². The van der Waals surface area contributed by atoms with Gasteiger partial charge >= 0.3 is 11.4 Å². The molecular formula is C29H33ClN8O4. The van der Waals surface area contributed by atoms with Gasteiger partial charge in [-0.2, -0.15) is 0 Å². The predicted octanol–water partition coefficient (Wildman–Crippen LogP) is 2.80. The van der Waals surface area contributed by atoms with E-state index >= 15 is 0 Å². The first-order valence-electron chi connectivity index (χ1n) is 13.7. The Labute approximate surface area is 245 Å².